The standard InChI is InChI=1S/C24H25BrN4O3.C3H7NO.2ClH/c1-15-11-21-18(13-19(15)25)22(24(30)28-21)23-17-4-3-16(12-20(17)26-14-27-23)32-8-2-5-29-6-9-31-10-7-29;1-4(2)3-5;;/h3-4,11-14,28,30H,2,5-10H2,1H3;3H,1-2H3;2*1H. The highest BCUT2D eigenvalue weighted by Crippen LogP contribution is 2.40. The van der Waals surface area contributed by atoms with Crippen LogP contribution in [0, 0.1) is 6.92 Å². The summed E-state index contributed by atoms with van der Waals surface area (Å²) in [7, 11) is 3.38. The van der Waals surface area contributed by atoms with E-state index >= 15 is 0 Å². The van der Waals surface area contributed by atoms with Crippen LogP contribution in [-0.2, 0) is 9.53 Å². The molecule has 4 aromatic rings. The third-order valence-corrected chi connectivity index (χ3v) is 6.96. The zero-order valence-corrected chi connectivity index (χ0v) is 25.4. The largest absolute Gasteiger partial charge is 0.494 e. The van der Waals surface area contributed by atoms with Gasteiger partial charge in [0.2, 0.25) is 6.41 Å². The van der Waals surface area contributed by atoms with E-state index in [1.54, 1.807) is 14.1 Å². The van der Waals surface area contributed by atoms with Gasteiger partial charge in [0, 0.05) is 60.6 Å². The molecule has 39 heavy (non-hydrogen) atoms. The fourth-order valence-electron chi connectivity index (χ4n) is 4.18. The average molecular weight is 643 g/mol. The van der Waals surface area contributed by atoms with E-state index in [2.05, 4.69) is 35.8 Å². The summed E-state index contributed by atoms with van der Waals surface area (Å²) in [5, 5.41) is 12.4. The Hall–Kier alpha value is -2.63. The molecule has 1 fully saturated rings. The minimum absolute atomic E-state index is 0. The first-order valence-corrected chi connectivity index (χ1v) is 13.0. The first-order valence-electron chi connectivity index (χ1n) is 12.2. The average Bonchev–Trinajstić information content (AvgIpc) is 3.21. The van der Waals surface area contributed by atoms with E-state index in [4.69, 9.17) is 9.47 Å². The normalized spacial score (nSPS) is 13.1. The molecule has 5 rings (SSSR count). The van der Waals surface area contributed by atoms with Gasteiger partial charge in [0.1, 0.15) is 12.1 Å². The highest BCUT2D eigenvalue weighted by atomic mass is 79.9. The van der Waals surface area contributed by atoms with Crippen LogP contribution in [0.5, 0.6) is 11.6 Å². The highest BCUT2D eigenvalue weighted by molar-refractivity contribution is 9.10. The molecule has 0 aliphatic carbocycles. The molecule has 0 unspecified atom stereocenters. The topological polar surface area (TPSA) is 104 Å². The lowest BCUT2D eigenvalue weighted by molar-refractivity contribution is -0.115. The summed E-state index contributed by atoms with van der Waals surface area (Å²) < 4.78 is 12.4. The van der Waals surface area contributed by atoms with Crippen molar-refractivity contribution in [2.75, 3.05) is 53.6 Å². The molecule has 0 radical (unpaired) electrons. The lowest BCUT2D eigenvalue weighted by Gasteiger charge is -2.26. The van der Waals surface area contributed by atoms with E-state index in [1.165, 1.54) is 11.2 Å². The molecule has 2 N–H and O–H groups in total. The van der Waals surface area contributed by atoms with Crippen LogP contribution in [0.2, 0.25) is 0 Å². The number of halogens is 3. The maximum Gasteiger partial charge on any atom is 0.209 e. The second kappa shape index (κ2) is 15.2. The zero-order chi connectivity index (χ0) is 26.4. The summed E-state index contributed by atoms with van der Waals surface area (Å²) in [6.07, 6.45) is 3.24. The van der Waals surface area contributed by atoms with Gasteiger partial charge in [-0.3, -0.25) is 9.69 Å². The number of nitrogens with zero attached hydrogens (tertiary/aromatic N) is 4. The summed E-state index contributed by atoms with van der Waals surface area (Å²) in [5.74, 6) is 0.881. The quantitative estimate of drug-likeness (QED) is 0.211. The molecule has 2 aromatic carbocycles. The number of hydrogen-bond acceptors (Lipinski definition) is 7. The number of H-pyrrole nitrogens is 1. The first-order chi connectivity index (χ1) is 17.9. The van der Waals surface area contributed by atoms with Gasteiger partial charge in [-0.25, -0.2) is 9.97 Å². The molecule has 0 bridgehead atoms. The van der Waals surface area contributed by atoms with E-state index in [0.29, 0.717) is 17.9 Å². The molecule has 2 aromatic heterocycles. The number of rotatable bonds is 7. The number of nitrogens with one attached hydrogen (secondary N) is 1. The number of aromatic amines is 1. The van der Waals surface area contributed by atoms with Crippen molar-refractivity contribution in [2.24, 2.45) is 0 Å². The lowest BCUT2D eigenvalue weighted by Crippen LogP contribution is -2.37. The van der Waals surface area contributed by atoms with Gasteiger partial charge in [-0.05, 0) is 43.2 Å². The van der Waals surface area contributed by atoms with E-state index in [9.17, 15) is 9.90 Å². The molecular formula is C27H34BrCl2N5O4. The van der Waals surface area contributed by atoms with E-state index in [1.807, 2.05) is 37.3 Å². The van der Waals surface area contributed by atoms with E-state index < -0.39 is 0 Å². The Morgan fingerprint density at radius 1 is 1.15 bits per heavy atom. The molecule has 0 atom stereocenters. The fourth-order valence-corrected chi connectivity index (χ4v) is 4.52. The monoisotopic (exact) mass is 641 g/mol. The first kappa shape index (κ1) is 32.6. The van der Waals surface area contributed by atoms with Crippen LogP contribution in [0.15, 0.2) is 41.1 Å². The minimum atomic E-state index is 0. The summed E-state index contributed by atoms with van der Waals surface area (Å²) in [6.45, 7) is 7.30. The van der Waals surface area contributed by atoms with Gasteiger partial charge in [-0.15, -0.1) is 24.8 Å². The molecule has 3 heterocycles. The van der Waals surface area contributed by atoms with Crippen molar-refractivity contribution in [2.45, 2.75) is 13.3 Å². The Balaban J connectivity index is 0.000000701. The number of aryl methyl sites for hydroxylation is 1. The van der Waals surface area contributed by atoms with Gasteiger partial charge in [0.15, 0.2) is 5.88 Å². The van der Waals surface area contributed by atoms with Crippen LogP contribution >= 0.6 is 40.7 Å². The number of aromatic nitrogens is 3. The smallest absolute Gasteiger partial charge is 0.209 e. The van der Waals surface area contributed by atoms with E-state index in [-0.39, 0.29) is 30.7 Å². The predicted molar refractivity (Wildman–Crippen MR) is 163 cm³/mol. The third kappa shape index (κ3) is 8.18. The molecule has 1 aliphatic heterocycles. The number of fused-ring (bicyclic) bond motifs is 2. The fraction of sp³-hybridized carbons (Fsp3) is 0.370. The van der Waals surface area contributed by atoms with Crippen molar-refractivity contribution < 1.29 is 19.4 Å². The number of morpholine rings is 1. The number of carbonyl (C=O) groups is 1. The molecule has 1 aliphatic rings. The van der Waals surface area contributed by atoms with Crippen LogP contribution in [-0.4, -0.2) is 89.8 Å². The lowest BCUT2D eigenvalue weighted by atomic mass is 10.0. The van der Waals surface area contributed by atoms with Crippen molar-refractivity contribution in [3.05, 3.63) is 46.7 Å². The van der Waals surface area contributed by atoms with Crippen LogP contribution in [0.3, 0.4) is 0 Å². The van der Waals surface area contributed by atoms with Gasteiger partial charge in [-0.1, -0.05) is 15.9 Å². The Bertz CT molecular complexity index is 1380. The maximum absolute atomic E-state index is 10.7. The maximum atomic E-state index is 10.7. The van der Waals surface area contributed by atoms with Crippen LogP contribution in [0.1, 0.15) is 12.0 Å². The Kier molecular flexibility index (Phi) is 12.7. The SMILES string of the molecule is CN(C)C=O.Cc1cc2[nH]c(O)c(-c3ncnc4cc(OCCCN5CCOCC5)ccc34)c2cc1Br.Cl.Cl. The molecule has 0 spiro atoms. The number of ether oxygens (including phenoxy) is 2. The van der Waals surface area contributed by atoms with Crippen LogP contribution < -0.4 is 4.74 Å². The van der Waals surface area contributed by atoms with Crippen molar-refractivity contribution in [1.82, 2.24) is 24.8 Å². The predicted octanol–water partition coefficient (Wildman–Crippen LogP) is 5.20. The van der Waals surface area contributed by atoms with E-state index in [0.717, 1.165) is 83.3 Å². The molecule has 0 saturated carbocycles. The van der Waals surface area contributed by atoms with Crippen molar-refractivity contribution in [3.63, 3.8) is 0 Å². The Morgan fingerprint density at radius 3 is 2.56 bits per heavy atom. The molecule has 1 amide bonds. The summed E-state index contributed by atoms with van der Waals surface area (Å²) >= 11 is 3.59. The third-order valence-electron chi connectivity index (χ3n) is 6.10. The summed E-state index contributed by atoms with van der Waals surface area (Å²) in [5.41, 5.74) is 4.10. The molecule has 212 valence electrons. The molecular weight excluding hydrogens is 609 g/mol. The molecule has 1 saturated heterocycles. The van der Waals surface area contributed by atoms with Crippen molar-refractivity contribution in [3.8, 4) is 22.9 Å². The number of amides is 1. The van der Waals surface area contributed by atoms with Gasteiger partial charge >= 0.3 is 0 Å². The van der Waals surface area contributed by atoms with Crippen LogP contribution in [0.25, 0.3) is 33.1 Å². The zero-order valence-electron chi connectivity index (χ0n) is 22.1. The van der Waals surface area contributed by atoms with Crippen molar-refractivity contribution >= 4 is 69.0 Å². The second-order valence-electron chi connectivity index (χ2n) is 9.12. The molecule has 9 nitrogen and oxygen atoms in total. The second-order valence-corrected chi connectivity index (χ2v) is 9.98. The summed E-state index contributed by atoms with van der Waals surface area (Å²) in [4.78, 5) is 25.3. The van der Waals surface area contributed by atoms with Gasteiger partial charge in [0.05, 0.1) is 36.6 Å². The number of aromatic hydroxyl groups is 1. The Labute approximate surface area is 248 Å². The van der Waals surface area contributed by atoms with Gasteiger partial charge in [-0.2, -0.15) is 0 Å². The number of benzene rings is 2. The summed E-state index contributed by atoms with van der Waals surface area (Å²) in [6, 6.07) is 9.85. The minimum Gasteiger partial charge on any atom is -0.494 e. The molecule has 12 heteroatoms. The Morgan fingerprint density at radius 2 is 1.87 bits per heavy atom. The number of hydrogen-bond donors (Lipinski definition) is 2. The highest BCUT2D eigenvalue weighted by Gasteiger charge is 2.18. The van der Waals surface area contributed by atoms with Gasteiger partial charge in [0.25, 0.3) is 0 Å². The van der Waals surface area contributed by atoms with Crippen molar-refractivity contribution in [1.29, 1.82) is 0 Å². The number of carbonyl (C=O) groups excluding carboxylic acids is 1. The van der Waals surface area contributed by atoms with Gasteiger partial charge < -0.3 is 24.5 Å². The van der Waals surface area contributed by atoms with Crippen LogP contribution in [0.4, 0.5) is 0 Å².